The highest BCUT2D eigenvalue weighted by molar-refractivity contribution is 5.49. The van der Waals surface area contributed by atoms with Crippen LogP contribution >= 0.6 is 0 Å². The first kappa shape index (κ1) is 14.8. The highest BCUT2D eigenvalue weighted by atomic mass is 19.4. The Hall–Kier alpha value is -2.76. The van der Waals surface area contributed by atoms with Crippen molar-refractivity contribution in [2.45, 2.75) is 11.8 Å². The van der Waals surface area contributed by atoms with Gasteiger partial charge in [0.2, 0.25) is 0 Å². The van der Waals surface area contributed by atoms with Crippen LogP contribution in [0.25, 0.3) is 5.65 Å². The molecule has 12 heteroatoms. The minimum Gasteiger partial charge on any atom is -0.380 e. The summed E-state index contributed by atoms with van der Waals surface area (Å²) in [5.41, 5.74) is -0.646. The van der Waals surface area contributed by atoms with Gasteiger partial charge in [-0.05, 0) is 12.1 Å². The van der Waals surface area contributed by atoms with Gasteiger partial charge in [0.1, 0.15) is 11.4 Å². The van der Waals surface area contributed by atoms with Crippen molar-refractivity contribution in [2.75, 3.05) is 18.0 Å². The largest absolute Gasteiger partial charge is 0.453 e. The fraction of sp³-hybridized carbons (Fsp3) is 0.417. The van der Waals surface area contributed by atoms with Crippen molar-refractivity contribution in [2.24, 2.45) is 7.05 Å². The summed E-state index contributed by atoms with van der Waals surface area (Å²) in [7, 11) is 1.65. The lowest BCUT2D eigenvalue weighted by Crippen LogP contribution is -2.60. The zero-order valence-corrected chi connectivity index (χ0v) is 12.3. The van der Waals surface area contributed by atoms with Gasteiger partial charge in [0.25, 0.3) is 5.82 Å². The number of β-amino-alcohol motifs (C(OH)–C–C–N with tert-alkyl or cyclic N) is 1. The van der Waals surface area contributed by atoms with E-state index in [1.54, 1.807) is 11.9 Å². The fourth-order valence-corrected chi connectivity index (χ4v) is 2.74. The number of aliphatic hydroxyl groups is 1. The van der Waals surface area contributed by atoms with Crippen molar-refractivity contribution in [3.63, 3.8) is 0 Å². The van der Waals surface area contributed by atoms with Gasteiger partial charge >= 0.3 is 6.18 Å². The van der Waals surface area contributed by atoms with Crippen LogP contribution in [0.5, 0.6) is 0 Å². The maximum absolute atomic E-state index is 12.9. The zero-order chi connectivity index (χ0) is 17.1. The summed E-state index contributed by atoms with van der Waals surface area (Å²) in [5.74, 6) is -0.904. The maximum atomic E-state index is 12.9. The van der Waals surface area contributed by atoms with Gasteiger partial charge in [-0.25, -0.2) is 4.68 Å². The lowest BCUT2D eigenvalue weighted by molar-refractivity contribution is -0.146. The quantitative estimate of drug-likeness (QED) is 0.700. The number of aromatic nitrogens is 7. The standard InChI is InChI=1S/C12H11F3N8O/c1-21-7(4-16-20-21)11(24)5-22(6-11)9-3-2-8-17-18-10(12(13,14)15)23(8)19-9/h2-4,24H,5-6H2,1H3. The molecule has 3 aromatic heterocycles. The summed E-state index contributed by atoms with van der Waals surface area (Å²) in [6, 6.07) is 2.93. The Kier molecular flexibility index (Phi) is 2.85. The minimum atomic E-state index is -4.65. The monoisotopic (exact) mass is 340 g/mol. The molecule has 0 saturated carbocycles. The summed E-state index contributed by atoms with van der Waals surface area (Å²) >= 11 is 0. The summed E-state index contributed by atoms with van der Waals surface area (Å²) in [6.45, 7) is 0.326. The molecule has 0 atom stereocenters. The summed E-state index contributed by atoms with van der Waals surface area (Å²) in [5, 5.41) is 28.6. The van der Waals surface area contributed by atoms with Gasteiger partial charge in [-0.3, -0.25) is 0 Å². The molecule has 0 aromatic carbocycles. The summed E-state index contributed by atoms with van der Waals surface area (Å²) in [4.78, 5) is 1.65. The number of nitrogens with zero attached hydrogens (tertiary/aromatic N) is 8. The maximum Gasteiger partial charge on any atom is 0.453 e. The highest BCUT2D eigenvalue weighted by Crippen LogP contribution is 2.34. The Morgan fingerprint density at radius 1 is 1.21 bits per heavy atom. The van der Waals surface area contributed by atoms with E-state index in [-0.39, 0.29) is 24.6 Å². The average molecular weight is 340 g/mol. The molecular formula is C12H11F3N8O. The molecule has 4 heterocycles. The molecule has 0 unspecified atom stereocenters. The second-order valence-electron chi connectivity index (χ2n) is 5.61. The molecule has 1 aliphatic heterocycles. The van der Waals surface area contributed by atoms with Crippen molar-refractivity contribution < 1.29 is 18.3 Å². The van der Waals surface area contributed by atoms with Gasteiger partial charge in [0, 0.05) is 7.05 Å². The number of hydrogen-bond acceptors (Lipinski definition) is 7. The van der Waals surface area contributed by atoms with Crippen molar-refractivity contribution in [1.29, 1.82) is 0 Å². The van der Waals surface area contributed by atoms with Crippen LogP contribution in [0.3, 0.4) is 0 Å². The normalized spacial score (nSPS) is 17.3. The Morgan fingerprint density at radius 3 is 2.58 bits per heavy atom. The second kappa shape index (κ2) is 4.63. The van der Waals surface area contributed by atoms with Gasteiger partial charge in [0.15, 0.2) is 5.65 Å². The first-order chi connectivity index (χ1) is 11.3. The number of fused-ring (bicyclic) bond motifs is 1. The SMILES string of the molecule is Cn1nncc1C1(O)CN(c2ccc3nnc(C(F)(F)F)n3n2)C1. The van der Waals surface area contributed by atoms with Crippen molar-refractivity contribution in [3.05, 3.63) is 29.8 Å². The Morgan fingerprint density at radius 2 is 1.96 bits per heavy atom. The lowest BCUT2D eigenvalue weighted by atomic mass is 9.91. The van der Waals surface area contributed by atoms with E-state index in [9.17, 15) is 18.3 Å². The molecule has 1 N–H and O–H groups in total. The molecule has 0 bridgehead atoms. The van der Waals surface area contributed by atoms with E-state index in [0.717, 1.165) is 0 Å². The molecule has 0 radical (unpaired) electrons. The van der Waals surface area contributed by atoms with Crippen LogP contribution in [0.1, 0.15) is 11.5 Å². The number of aryl methyl sites for hydroxylation is 1. The van der Waals surface area contributed by atoms with Crippen LogP contribution in [-0.4, -0.2) is 53.0 Å². The van der Waals surface area contributed by atoms with Crippen LogP contribution in [-0.2, 0) is 18.8 Å². The van der Waals surface area contributed by atoms with E-state index in [2.05, 4.69) is 25.6 Å². The number of rotatable bonds is 2. The molecule has 0 aliphatic carbocycles. The van der Waals surface area contributed by atoms with E-state index in [0.29, 0.717) is 10.2 Å². The Labute approximate surface area is 132 Å². The number of halogens is 3. The fourth-order valence-electron chi connectivity index (χ4n) is 2.74. The Bertz CT molecular complexity index is 911. The van der Waals surface area contributed by atoms with E-state index in [4.69, 9.17) is 0 Å². The molecular weight excluding hydrogens is 329 g/mol. The van der Waals surface area contributed by atoms with E-state index in [1.807, 2.05) is 0 Å². The highest BCUT2D eigenvalue weighted by Gasteiger charge is 2.46. The topological polar surface area (TPSA) is 97.3 Å². The van der Waals surface area contributed by atoms with Crippen LogP contribution in [0.15, 0.2) is 18.3 Å². The van der Waals surface area contributed by atoms with Crippen molar-refractivity contribution in [1.82, 2.24) is 34.8 Å². The van der Waals surface area contributed by atoms with Gasteiger partial charge < -0.3 is 10.0 Å². The van der Waals surface area contributed by atoms with Crippen LogP contribution < -0.4 is 4.90 Å². The van der Waals surface area contributed by atoms with Gasteiger partial charge in [-0.15, -0.1) is 20.4 Å². The predicted octanol–water partition coefficient (Wildman–Crippen LogP) is -0.0206. The molecule has 3 aromatic rings. The van der Waals surface area contributed by atoms with E-state index in [1.165, 1.54) is 23.0 Å². The van der Waals surface area contributed by atoms with E-state index >= 15 is 0 Å². The van der Waals surface area contributed by atoms with Crippen LogP contribution in [0.2, 0.25) is 0 Å². The van der Waals surface area contributed by atoms with Crippen LogP contribution in [0, 0.1) is 0 Å². The summed E-state index contributed by atoms with van der Waals surface area (Å²) < 4.78 is 40.8. The van der Waals surface area contributed by atoms with Crippen molar-refractivity contribution >= 4 is 11.5 Å². The van der Waals surface area contributed by atoms with Gasteiger partial charge in [0.05, 0.1) is 25.0 Å². The van der Waals surface area contributed by atoms with Crippen LogP contribution in [0.4, 0.5) is 19.0 Å². The molecule has 1 fully saturated rings. The third kappa shape index (κ3) is 2.10. The summed E-state index contributed by atoms with van der Waals surface area (Å²) in [6.07, 6.45) is -3.20. The van der Waals surface area contributed by atoms with Gasteiger partial charge in [-0.1, -0.05) is 5.21 Å². The third-order valence-corrected chi connectivity index (χ3v) is 3.92. The molecule has 4 rings (SSSR count). The average Bonchev–Trinajstić information content (AvgIpc) is 3.08. The molecule has 9 nitrogen and oxygen atoms in total. The molecule has 24 heavy (non-hydrogen) atoms. The van der Waals surface area contributed by atoms with Crippen molar-refractivity contribution in [3.8, 4) is 0 Å². The number of alkyl halides is 3. The molecule has 126 valence electrons. The number of anilines is 1. The number of hydrogen-bond donors (Lipinski definition) is 1. The molecule has 1 saturated heterocycles. The second-order valence-corrected chi connectivity index (χ2v) is 5.61. The minimum absolute atomic E-state index is 0.00213. The predicted molar refractivity (Wildman–Crippen MR) is 72.9 cm³/mol. The lowest BCUT2D eigenvalue weighted by Gasteiger charge is -2.46. The molecule has 0 amide bonds. The zero-order valence-electron chi connectivity index (χ0n) is 12.3. The van der Waals surface area contributed by atoms with Gasteiger partial charge in [-0.2, -0.15) is 17.7 Å². The first-order valence-electron chi connectivity index (χ1n) is 6.90. The Balaban J connectivity index is 1.64. The molecule has 0 spiro atoms. The first-order valence-corrected chi connectivity index (χ1v) is 6.90. The smallest absolute Gasteiger partial charge is 0.380 e. The third-order valence-electron chi connectivity index (χ3n) is 3.92. The van der Waals surface area contributed by atoms with E-state index < -0.39 is 17.6 Å². The molecule has 1 aliphatic rings.